The van der Waals surface area contributed by atoms with E-state index in [-0.39, 0.29) is 6.61 Å². The molecule has 0 bridgehead atoms. The fraction of sp³-hybridized carbons (Fsp3) is 0.727. The molecule has 0 radical (unpaired) electrons. The first-order chi connectivity index (χ1) is 7.44. The number of carbonyl (C=O) groups excluding carboxylic acids is 1. The summed E-state index contributed by atoms with van der Waals surface area (Å²) < 4.78 is 31.2. The Labute approximate surface area is 109 Å². The first-order valence-corrected chi connectivity index (χ1v) is 6.44. The van der Waals surface area contributed by atoms with Gasteiger partial charge in [0.25, 0.3) is 0 Å². The Morgan fingerprint density at radius 2 is 2.00 bits per heavy atom. The van der Waals surface area contributed by atoms with Crippen LogP contribution in [0.15, 0.2) is 9.66 Å². The van der Waals surface area contributed by atoms with Crippen LogP contribution in [0.25, 0.3) is 0 Å². The molecule has 0 amide bonds. The van der Waals surface area contributed by atoms with Crippen molar-refractivity contribution < 1.29 is 18.3 Å². The van der Waals surface area contributed by atoms with E-state index in [0.717, 1.165) is 19.3 Å². The molecule has 94 valence electrons. The van der Waals surface area contributed by atoms with Crippen molar-refractivity contribution >= 4 is 28.6 Å². The third kappa shape index (κ3) is 6.40. The second kappa shape index (κ2) is 7.97. The van der Waals surface area contributed by atoms with Crippen LogP contribution in [-0.4, -0.2) is 18.5 Å². The van der Waals surface area contributed by atoms with Gasteiger partial charge in [-0.05, 0) is 45.9 Å². The number of carbonyl (C=O) groups is 1. The van der Waals surface area contributed by atoms with Crippen molar-refractivity contribution in [2.75, 3.05) is 6.61 Å². The van der Waals surface area contributed by atoms with Gasteiger partial charge < -0.3 is 4.74 Å². The van der Waals surface area contributed by atoms with Crippen molar-refractivity contribution in [1.82, 2.24) is 0 Å². The van der Waals surface area contributed by atoms with Crippen LogP contribution < -0.4 is 0 Å². The van der Waals surface area contributed by atoms with Crippen molar-refractivity contribution in [2.24, 2.45) is 0 Å². The van der Waals surface area contributed by atoms with E-state index in [1.807, 2.05) is 29.5 Å². The molecular formula is C11H17F2IO2. The molecule has 0 fully saturated rings. The lowest BCUT2D eigenvalue weighted by atomic mass is 10.2. The van der Waals surface area contributed by atoms with Crippen LogP contribution in [0.3, 0.4) is 0 Å². The Balaban J connectivity index is 4.29. The van der Waals surface area contributed by atoms with Gasteiger partial charge in [0.05, 0.1) is 6.61 Å². The van der Waals surface area contributed by atoms with E-state index < -0.39 is 11.9 Å². The van der Waals surface area contributed by atoms with Gasteiger partial charge in [-0.3, -0.25) is 0 Å². The number of esters is 1. The minimum atomic E-state index is -3.50. The molecule has 0 atom stereocenters. The van der Waals surface area contributed by atoms with Crippen molar-refractivity contribution in [3.05, 3.63) is 9.66 Å². The summed E-state index contributed by atoms with van der Waals surface area (Å²) in [7, 11) is 0. The van der Waals surface area contributed by atoms with Crippen LogP contribution in [0.2, 0.25) is 0 Å². The number of alkyl halides is 2. The summed E-state index contributed by atoms with van der Waals surface area (Å²) in [4.78, 5) is 10.9. The predicted molar refractivity (Wildman–Crippen MR) is 67.8 cm³/mol. The molecule has 0 aliphatic carbocycles. The van der Waals surface area contributed by atoms with E-state index in [1.165, 1.54) is 6.92 Å². The second-order valence-corrected chi connectivity index (χ2v) is 4.78. The van der Waals surface area contributed by atoms with Gasteiger partial charge in [0.15, 0.2) is 0 Å². The summed E-state index contributed by atoms with van der Waals surface area (Å²) >= 11 is 1.84. The maximum absolute atomic E-state index is 13.2. The van der Waals surface area contributed by atoms with Gasteiger partial charge in [-0.1, -0.05) is 19.8 Å². The maximum Gasteiger partial charge on any atom is 0.381 e. The normalized spacial score (nSPS) is 12.7. The van der Waals surface area contributed by atoms with Gasteiger partial charge in [0, 0.05) is 6.08 Å². The lowest BCUT2D eigenvalue weighted by Crippen LogP contribution is -2.28. The van der Waals surface area contributed by atoms with Crippen LogP contribution >= 0.6 is 22.6 Å². The number of unbranched alkanes of at least 4 members (excludes halogenated alkanes) is 2. The largest absolute Gasteiger partial charge is 0.461 e. The number of rotatable bonds is 7. The number of allylic oxidation sites excluding steroid dienone is 1. The Bertz CT molecular complexity index is 252. The first-order valence-electron chi connectivity index (χ1n) is 5.36. The van der Waals surface area contributed by atoms with E-state index in [4.69, 9.17) is 0 Å². The number of hydrogen-bond acceptors (Lipinski definition) is 2. The molecule has 0 saturated heterocycles. The number of halogens is 3. The van der Waals surface area contributed by atoms with Crippen LogP contribution in [0.1, 0.15) is 39.5 Å². The Kier molecular flexibility index (Phi) is 7.87. The van der Waals surface area contributed by atoms with Gasteiger partial charge >= 0.3 is 11.9 Å². The zero-order valence-corrected chi connectivity index (χ0v) is 11.7. The third-order valence-electron chi connectivity index (χ3n) is 1.90. The molecule has 0 spiro atoms. The SMILES string of the molecule is CCCCCC(I)=CC(F)(F)C(=O)OCC. The van der Waals surface area contributed by atoms with Crippen LogP contribution in [0.5, 0.6) is 0 Å². The average molecular weight is 346 g/mol. The smallest absolute Gasteiger partial charge is 0.381 e. The van der Waals surface area contributed by atoms with E-state index in [1.54, 1.807) is 0 Å². The lowest BCUT2D eigenvalue weighted by molar-refractivity contribution is -0.164. The number of ether oxygens (including phenoxy) is 1. The van der Waals surface area contributed by atoms with Crippen LogP contribution in [-0.2, 0) is 9.53 Å². The monoisotopic (exact) mass is 346 g/mol. The van der Waals surface area contributed by atoms with Crippen molar-refractivity contribution in [3.63, 3.8) is 0 Å². The zero-order chi connectivity index (χ0) is 12.6. The maximum atomic E-state index is 13.2. The molecule has 0 heterocycles. The van der Waals surface area contributed by atoms with Gasteiger partial charge in [0.1, 0.15) is 0 Å². The molecule has 0 unspecified atom stereocenters. The lowest BCUT2D eigenvalue weighted by Gasteiger charge is -2.11. The quantitative estimate of drug-likeness (QED) is 0.394. The highest BCUT2D eigenvalue weighted by molar-refractivity contribution is 14.1. The summed E-state index contributed by atoms with van der Waals surface area (Å²) in [6.07, 6.45) is 4.19. The van der Waals surface area contributed by atoms with E-state index in [2.05, 4.69) is 4.74 Å². The molecule has 5 heteroatoms. The number of hydrogen-bond donors (Lipinski definition) is 0. The Morgan fingerprint density at radius 1 is 1.38 bits per heavy atom. The molecule has 0 aliphatic heterocycles. The molecule has 0 saturated carbocycles. The van der Waals surface area contributed by atoms with E-state index >= 15 is 0 Å². The molecule has 0 aromatic heterocycles. The molecule has 0 N–H and O–H groups in total. The Morgan fingerprint density at radius 3 is 2.50 bits per heavy atom. The van der Waals surface area contributed by atoms with Crippen LogP contribution in [0.4, 0.5) is 8.78 Å². The Hall–Kier alpha value is -0.200. The molecule has 0 rings (SSSR count). The highest BCUT2D eigenvalue weighted by atomic mass is 127. The topological polar surface area (TPSA) is 26.3 Å². The molecule has 0 aliphatic rings. The standard InChI is InChI=1S/C11H17F2IO2/c1-3-5-6-7-9(14)8-11(12,13)10(15)16-4-2/h8H,3-7H2,1-2H3. The highest BCUT2D eigenvalue weighted by Gasteiger charge is 2.38. The summed E-state index contributed by atoms with van der Waals surface area (Å²) in [5.41, 5.74) is 0. The van der Waals surface area contributed by atoms with Crippen molar-refractivity contribution in [2.45, 2.75) is 45.5 Å². The van der Waals surface area contributed by atoms with E-state index in [9.17, 15) is 13.6 Å². The minimum absolute atomic E-state index is 0.0331. The van der Waals surface area contributed by atoms with Crippen molar-refractivity contribution in [3.8, 4) is 0 Å². The molecule has 16 heavy (non-hydrogen) atoms. The minimum Gasteiger partial charge on any atom is -0.461 e. The molecule has 2 nitrogen and oxygen atoms in total. The summed E-state index contributed by atoms with van der Waals surface area (Å²) in [6, 6.07) is 0. The fourth-order valence-electron chi connectivity index (χ4n) is 1.10. The van der Waals surface area contributed by atoms with Gasteiger partial charge in [-0.25, -0.2) is 4.79 Å². The zero-order valence-electron chi connectivity index (χ0n) is 9.56. The van der Waals surface area contributed by atoms with Gasteiger partial charge in [-0.2, -0.15) is 8.78 Å². The summed E-state index contributed by atoms with van der Waals surface area (Å²) in [5.74, 6) is -4.97. The third-order valence-corrected chi connectivity index (χ3v) is 2.76. The first kappa shape index (κ1) is 15.8. The van der Waals surface area contributed by atoms with Gasteiger partial charge in [0.2, 0.25) is 0 Å². The second-order valence-electron chi connectivity index (χ2n) is 3.39. The predicted octanol–water partition coefficient (Wildman–Crippen LogP) is 4.08. The summed E-state index contributed by atoms with van der Waals surface area (Å²) in [5, 5.41) is 0. The van der Waals surface area contributed by atoms with Gasteiger partial charge in [-0.15, -0.1) is 0 Å². The molecular weight excluding hydrogens is 329 g/mol. The fourth-order valence-corrected chi connectivity index (χ4v) is 1.87. The van der Waals surface area contributed by atoms with Crippen LogP contribution in [0, 0.1) is 0 Å². The highest BCUT2D eigenvalue weighted by Crippen LogP contribution is 2.25. The molecule has 0 aromatic carbocycles. The van der Waals surface area contributed by atoms with Crippen molar-refractivity contribution in [1.29, 1.82) is 0 Å². The molecule has 0 aromatic rings. The summed E-state index contributed by atoms with van der Waals surface area (Å²) in [6.45, 7) is 3.52. The van der Waals surface area contributed by atoms with E-state index in [0.29, 0.717) is 16.1 Å². The average Bonchev–Trinajstić information content (AvgIpc) is 2.17.